The fourth-order valence-electron chi connectivity index (χ4n) is 4.65. The highest BCUT2D eigenvalue weighted by molar-refractivity contribution is 5.92. The Balaban J connectivity index is 1.29. The van der Waals surface area contributed by atoms with Gasteiger partial charge in [0.05, 0.1) is 0 Å². The Morgan fingerprint density at radius 2 is 2.00 bits per heavy atom. The van der Waals surface area contributed by atoms with E-state index in [9.17, 15) is 9.59 Å². The summed E-state index contributed by atoms with van der Waals surface area (Å²) in [6, 6.07) is 1.98. The van der Waals surface area contributed by atoms with Crippen molar-refractivity contribution in [1.29, 1.82) is 0 Å². The van der Waals surface area contributed by atoms with Crippen LogP contribution in [0.1, 0.15) is 74.5 Å². The van der Waals surface area contributed by atoms with Gasteiger partial charge in [-0.3, -0.25) is 9.59 Å². The molecule has 0 aromatic carbocycles. The molecule has 7 heteroatoms. The lowest BCUT2D eigenvalue weighted by Crippen LogP contribution is -2.53. The molecule has 2 saturated heterocycles. The van der Waals surface area contributed by atoms with E-state index in [0.29, 0.717) is 24.1 Å². The molecule has 2 N–H and O–H groups in total. The first-order valence-electron chi connectivity index (χ1n) is 10.8. The van der Waals surface area contributed by atoms with E-state index in [-0.39, 0.29) is 29.8 Å². The molecular formula is C21H32N4O3. The van der Waals surface area contributed by atoms with Crippen LogP contribution >= 0.6 is 0 Å². The van der Waals surface area contributed by atoms with Gasteiger partial charge in [0.2, 0.25) is 5.91 Å². The first-order chi connectivity index (χ1) is 13.5. The number of hydrogen-bond donors (Lipinski definition) is 2. The number of amides is 2. The molecule has 0 bridgehead atoms. The third kappa shape index (κ3) is 4.24. The number of hydrogen-bond acceptors (Lipinski definition) is 5. The van der Waals surface area contributed by atoms with Crippen LogP contribution in [0.15, 0.2) is 10.6 Å². The molecule has 1 aromatic heterocycles. The van der Waals surface area contributed by atoms with Gasteiger partial charge in [0.15, 0.2) is 5.69 Å². The highest BCUT2D eigenvalue weighted by Gasteiger charge is 2.35. The molecule has 4 rings (SSSR count). The molecular weight excluding hydrogens is 356 g/mol. The molecule has 2 aliphatic heterocycles. The highest BCUT2D eigenvalue weighted by Crippen LogP contribution is 2.40. The van der Waals surface area contributed by atoms with Gasteiger partial charge in [-0.2, -0.15) is 0 Å². The number of nitrogens with one attached hydrogen (secondary N) is 2. The molecule has 1 aliphatic carbocycles. The minimum absolute atomic E-state index is 0.0711. The molecule has 2 amide bonds. The van der Waals surface area contributed by atoms with Crippen LogP contribution in [0.4, 0.5) is 0 Å². The Hall–Kier alpha value is -1.89. The van der Waals surface area contributed by atoms with Crippen LogP contribution in [0.2, 0.25) is 0 Å². The topological polar surface area (TPSA) is 87.5 Å². The molecule has 1 aromatic rings. The summed E-state index contributed by atoms with van der Waals surface area (Å²) in [6.07, 6.45) is 5.96. The molecule has 0 spiro atoms. The summed E-state index contributed by atoms with van der Waals surface area (Å²) in [6.45, 7) is 6.90. The standard InChI is InChI=1S/C21H32N4O3/c1-13-11-17(23-20(26)18-12-19(28-24-18)16-3-4-16)7-10-25(13)21(27)14(2)15-5-8-22-9-6-15/h12-17,22H,3-11H2,1-2H3,(H,23,26)/t13-,14-,17+/m1/s1. The average molecular weight is 389 g/mol. The first-order valence-corrected chi connectivity index (χ1v) is 10.8. The largest absolute Gasteiger partial charge is 0.360 e. The Morgan fingerprint density at radius 1 is 1.25 bits per heavy atom. The lowest BCUT2D eigenvalue weighted by molar-refractivity contribution is -0.140. The number of aromatic nitrogens is 1. The lowest BCUT2D eigenvalue weighted by Gasteiger charge is -2.40. The third-order valence-electron chi connectivity index (χ3n) is 6.72. The number of likely N-dealkylation sites (tertiary alicyclic amines) is 1. The monoisotopic (exact) mass is 388 g/mol. The number of carbonyl (C=O) groups excluding carboxylic acids is 2. The van der Waals surface area contributed by atoms with Gasteiger partial charge in [0.25, 0.3) is 5.91 Å². The first kappa shape index (κ1) is 19.4. The molecule has 3 aliphatic rings. The fraction of sp³-hybridized carbons (Fsp3) is 0.762. The molecule has 0 unspecified atom stereocenters. The van der Waals surface area contributed by atoms with Crippen LogP contribution in [0, 0.1) is 11.8 Å². The molecule has 3 fully saturated rings. The van der Waals surface area contributed by atoms with Gasteiger partial charge >= 0.3 is 0 Å². The van der Waals surface area contributed by atoms with Crippen molar-refractivity contribution in [3.05, 3.63) is 17.5 Å². The van der Waals surface area contributed by atoms with Crippen molar-refractivity contribution >= 4 is 11.8 Å². The lowest BCUT2D eigenvalue weighted by atomic mass is 9.84. The summed E-state index contributed by atoms with van der Waals surface area (Å²) < 4.78 is 5.28. The molecule has 7 nitrogen and oxygen atoms in total. The fourth-order valence-corrected chi connectivity index (χ4v) is 4.65. The van der Waals surface area contributed by atoms with Crippen molar-refractivity contribution in [2.24, 2.45) is 11.8 Å². The summed E-state index contributed by atoms with van der Waals surface area (Å²) in [4.78, 5) is 27.5. The van der Waals surface area contributed by atoms with Crippen LogP contribution in [0.3, 0.4) is 0 Å². The Kier molecular flexibility index (Phi) is 5.71. The summed E-state index contributed by atoms with van der Waals surface area (Å²) in [7, 11) is 0. The van der Waals surface area contributed by atoms with E-state index in [1.54, 1.807) is 6.07 Å². The third-order valence-corrected chi connectivity index (χ3v) is 6.72. The number of rotatable bonds is 5. The van der Waals surface area contributed by atoms with Crippen molar-refractivity contribution in [2.75, 3.05) is 19.6 Å². The molecule has 3 atom stereocenters. The smallest absolute Gasteiger partial charge is 0.273 e. The maximum absolute atomic E-state index is 13.0. The van der Waals surface area contributed by atoms with E-state index in [0.717, 1.165) is 57.4 Å². The van der Waals surface area contributed by atoms with E-state index in [1.807, 2.05) is 4.90 Å². The van der Waals surface area contributed by atoms with E-state index < -0.39 is 0 Å². The van der Waals surface area contributed by atoms with Crippen LogP contribution < -0.4 is 10.6 Å². The zero-order valence-corrected chi connectivity index (χ0v) is 16.9. The predicted octanol–water partition coefficient (Wildman–Crippen LogP) is 2.30. The van der Waals surface area contributed by atoms with Crippen molar-refractivity contribution in [3.63, 3.8) is 0 Å². The average Bonchev–Trinajstić information content (AvgIpc) is 3.44. The van der Waals surface area contributed by atoms with Gasteiger partial charge in [0.1, 0.15) is 5.76 Å². The number of nitrogens with zero attached hydrogens (tertiary/aromatic N) is 2. The van der Waals surface area contributed by atoms with Crippen molar-refractivity contribution < 1.29 is 14.1 Å². The van der Waals surface area contributed by atoms with Crippen LogP contribution in [0.25, 0.3) is 0 Å². The van der Waals surface area contributed by atoms with Gasteiger partial charge in [-0.1, -0.05) is 12.1 Å². The minimum Gasteiger partial charge on any atom is -0.360 e. The Morgan fingerprint density at radius 3 is 2.68 bits per heavy atom. The number of carbonyl (C=O) groups is 2. The van der Waals surface area contributed by atoms with E-state index >= 15 is 0 Å². The maximum Gasteiger partial charge on any atom is 0.273 e. The second kappa shape index (κ2) is 8.23. The zero-order chi connectivity index (χ0) is 19.7. The SMILES string of the molecule is C[C@@H]1C[C@@H](NC(=O)c2cc(C3CC3)on2)CCN1C(=O)[C@H](C)C1CCNCC1. The predicted molar refractivity (Wildman–Crippen MR) is 105 cm³/mol. The summed E-state index contributed by atoms with van der Waals surface area (Å²) >= 11 is 0. The summed E-state index contributed by atoms with van der Waals surface area (Å²) in [5, 5.41) is 10.4. The van der Waals surface area contributed by atoms with Gasteiger partial charge in [-0.15, -0.1) is 0 Å². The highest BCUT2D eigenvalue weighted by atomic mass is 16.5. The molecule has 3 heterocycles. The van der Waals surface area contributed by atoms with Crippen molar-refractivity contribution in [3.8, 4) is 0 Å². The van der Waals surface area contributed by atoms with E-state index in [1.165, 1.54) is 0 Å². The maximum atomic E-state index is 13.0. The van der Waals surface area contributed by atoms with Gasteiger partial charge in [0, 0.05) is 36.5 Å². The van der Waals surface area contributed by atoms with E-state index in [2.05, 4.69) is 29.6 Å². The van der Waals surface area contributed by atoms with Gasteiger partial charge < -0.3 is 20.1 Å². The minimum atomic E-state index is -0.171. The van der Waals surface area contributed by atoms with Crippen molar-refractivity contribution in [2.45, 2.75) is 70.4 Å². The number of piperidine rings is 2. The van der Waals surface area contributed by atoms with Gasteiger partial charge in [-0.05, 0) is 64.5 Å². The molecule has 154 valence electrons. The summed E-state index contributed by atoms with van der Waals surface area (Å²) in [5.74, 6) is 1.93. The molecule has 1 saturated carbocycles. The second-order valence-corrected chi connectivity index (χ2v) is 8.84. The van der Waals surface area contributed by atoms with Crippen LogP contribution in [-0.2, 0) is 4.79 Å². The van der Waals surface area contributed by atoms with Gasteiger partial charge in [-0.25, -0.2) is 0 Å². The molecule has 0 radical (unpaired) electrons. The molecule has 28 heavy (non-hydrogen) atoms. The normalized spacial score (nSPS) is 27.4. The van der Waals surface area contributed by atoms with Crippen molar-refractivity contribution in [1.82, 2.24) is 20.7 Å². The summed E-state index contributed by atoms with van der Waals surface area (Å²) in [5.41, 5.74) is 0.368. The van der Waals surface area contributed by atoms with Crippen LogP contribution in [0.5, 0.6) is 0 Å². The van der Waals surface area contributed by atoms with Crippen LogP contribution in [-0.4, -0.2) is 53.6 Å². The quantitative estimate of drug-likeness (QED) is 0.808. The Bertz CT molecular complexity index is 708. The van der Waals surface area contributed by atoms with E-state index in [4.69, 9.17) is 4.52 Å². The Labute approximate surface area is 166 Å². The second-order valence-electron chi connectivity index (χ2n) is 8.84. The zero-order valence-electron chi connectivity index (χ0n) is 16.9.